The smallest absolute Gasteiger partial charge is 0.255 e. The summed E-state index contributed by atoms with van der Waals surface area (Å²) in [5.41, 5.74) is 0.617. The number of nitrogens with zero attached hydrogens (tertiary/aromatic N) is 5. The lowest BCUT2D eigenvalue weighted by Gasteiger charge is -2.32. The quantitative estimate of drug-likeness (QED) is 0.810. The van der Waals surface area contributed by atoms with E-state index in [1.807, 2.05) is 29.9 Å². The average Bonchev–Trinajstić information content (AvgIpc) is 3.21. The Morgan fingerprint density at radius 2 is 2.00 bits per heavy atom. The Hall–Kier alpha value is -2.21. The molecule has 0 spiro atoms. The fourth-order valence-corrected chi connectivity index (χ4v) is 3.39. The van der Waals surface area contributed by atoms with Gasteiger partial charge in [-0.2, -0.15) is 0 Å². The number of aromatic nitrogens is 3. The van der Waals surface area contributed by atoms with Crippen molar-refractivity contribution < 1.29 is 4.79 Å². The molecule has 0 atom stereocenters. The summed E-state index contributed by atoms with van der Waals surface area (Å²) in [6.07, 6.45) is 13.5. The fraction of sp³-hybridized carbons (Fsp3) is 0.526. The molecule has 6 nitrogen and oxygen atoms in total. The molecular weight excluding hydrogens is 314 g/mol. The number of carbonyl (C=O) groups excluding carboxylic acids is 1. The third kappa shape index (κ3) is 4.45. The van der Waals surface area contributed by atoms with Gasteiger partial charge in [0.05, 0.1) is 5.56 Å². The van der Waals surface area contributed by atoms with Gasteiger partial charge >= 0.3 is 0 Å². The largest absolute Gasteiger partial charge is 0.340 e. The summed E-state index contributed by atoms with van der Waals surface area (Å²) in [4.78, 5) is 25.1. The van der Waals surface area contributed by atoms with Crippen molar-refractivity contribution in [3.63, 3.8) is 0 Å². The molecule has 1 saturated carbocycles. The van der Waals surface area contributed by atoms with E-state index in [1.54, 1.807) is 23.6 Å². The van der Waals surface area contributed by atoms with Gasteiger partial charge in [-0.15, -0.1) is 0 Å². The maximum Gasteiger partial charge on any atom is 0.255 e. The Balaban J connectivity index is 1.53. The Morgan fingerprint density at radius 3 is 2.64 bits per heavy atom. The van der Waals surface area contributed by atoms with Crippen molar-refractivity contribution >= 4 is 5.91 Å². The van der Waals surface area contributed by atoms with Crippen LogP contribution in [-0.2, 0) is 0 Å². The van der Waals surface area contributed by atoms with Gasteiger partial charge in [-0.25, -0.2) is 9.97 Å². The summed E-state index contributed by atoms with van der Waals surface area (Å²) in [6, 6.07) is 4.34. The highest BCUT2D eigenvalue weighted by molar-refractivity contribution is 5.93. The van der Waals surface area contributed by atoms with E-state index < -0.39 is 0 Å². The normalized spacial score (nSPS) is 15.5. The molecule has 0 unspecified atom stereocenters. The van der Waals surface area contributed by atoms with Crippen LogP contribution in [0.5, 0.6) is 0 Å². The molecule has 3 rings (SSSR count). The summed E-state index contributed by atoms with van der Waals surface area (Å²) in [5.74, 6) is 0.774. The van der Waals surface area contributed by atoms with Gasteiger partial charge in [0.1, 0.15) is 12.1 Å². The molecule has 1 aliphatic rings. The number of hydrogen-bond acceptors (Lipinski definition) is 4. The molecule has 2 aromatic heterocycles. The zero-order valence-corrected chi connectivity index (χ0v) is 15.1. The van der Waals surface area contributed by atoms with Crippen molar-refractivity contribution in [2.75, 3.05) is 27.2 Å². The first-order valence-electron chi connectivity index (χ1n) is 9.05. The molecular formula is C19H27N5O. The Kier molecular flexibility index (Phi) is 5.81. The lowest BCUT2D eigenvalue weighted by molar-refractivity contribution is 0.0767. The van der Waals surface area contributed by atoms with Gasteiger partial charge in [-0.3, -0.25) is 9.36 Å². The zero-order valence-electron chi connectivity index (χ0n) is 15.1. The molecule has 0 radical (unpaired) electrons. The molecule has 0 N–H and O–H groups in total. The number of hydrogen-bond donors (Lipinski definition) is 0. The molecule has 1 amide bonds. The van der Waals surface area contributed by atoms with Crippen molar-refractivity contribution in [1.82, 2.24) is 24.3 Å². The predicted molar refractivity (Wildman–Crippen MR) is 97.8 cm³/mol. The Labute approximate surface area is 149 Å². The van der Waals surface area contributed by atoms with Crippen molar-refractivity contribution in [2.45, 2.75) is 38.1 Å². The lowest BCUT2D eigenvalue weighted by Crippen LogP contribution is -2.40. The molecule has 134 valence electrons. The van der Waals surface area contributed by atoms with Crippen molar-refractivity contribution in [3.8, 4) is 5.82 Å². The van der Waals surface area contributed by atoms with E-state index >= 15 is 0 Å². The number of pyridine rings is 1. The van der Waals surface area contributed by atoms with Crippen LogP contribution in [0.2, 0.25) is 0 Å². The molecule has 2 heterocycles. The molecule has 1 fully saturated rings. The maximum atomic E-state index is 12.6. The topological polar surface area (TPSA) is 54.3 Å². The van der Waals surface area contributed by atoms with Gasteiger partial charge in [0.15, 0.2) is 0 Å². The van der Waals surface area contributed by atoms with Gasteiger partial charge in [0, 0.05) is 44.8 Å². The second-order valence-corrected chi connectivity index (χ2v) is 6.87. The van der Waals surface area contributed by atoms with Crippen LogP contribution in [0, 0.1) is 0 Å². The van der Waals surface area contributed by atoms with Gasteiger partial charge in [-0.1, -0.05) is 19.3 Å². The van der Waals surface area contributed by atoms with Gasteiger partial charge < -0.3 is 9.80 Å². The summed E-state index contributed by atoms with van der Waals surface area (Å²) in [6.45, 7) is 1.64. The second kappa shape index (κ2) is 8.25. The molecule has 0 aliphatic heterocycles. The van der Waals surface area contributed by atoms with Gasteiger partial charge in [0.2, 0.25) is 0 Å². The lowest BCUT2D eigenvalue weighted by atomic mass is 9.94. The van der Waals surface area contributed by atoms with Crippen LogP contribution in [0.1, 0.15) is 42.5 Å². The fourth-order valence-electron chi connectivity index (χ4n) is 3.39. The summed E-state index contributed by atoms with van der Waals surface area (Å²) in [5, 5.41) is 0. The molecule has 0 bridgehead atoms. The number of carbonyl (C=O) groups is 1. The molecule has 0 saturated heterocycles. The number of imidazole rings is 1. The van der Waals surface area contributed by atoms with Crippen LogP contribution in [0.25, 0.3) is 5.82 Å². The minimum absolute atomic E-state index is 0.0155. The summed E-state index contributed by atoms with van der Waals surface area (Å²) in [7, 11) is 4.04. The highest BCUT2D eigenvalue weighted by Crippen LogP contribution is 2.21. The van der Waals surface area contributed by atoms with Gasteiger partial charge in [-0.05, 0) is 32.0 Å². The first-order chi connectivity index (χ1) is 12.1. The number of likely N-dealkylation sites (N-methyl/N-ethyl adjacent to an activating group) is 2. The SMILES string of the molecule is CN(CCN(C)C1CCCCC1)C(=O)c1ccc(-n2ccnc2)nc1. The third-order valence-electron chi connectivity index (χ3n) is 5.10. The van der Waals surface area contributed by atoms with E-state index in [4.69, 9.17) is 0 Å². The van der Waals surface area contributed by atoms with E-state index in [9.17, 15) is 4.79 Å². The minimum Gasteiger partial charge on any atom is -0.340 e. The van der Waals surface area contributed by atoms with Gasteiger partial charge in [0.25, 0.3) is 5.91 Å². The minimum atomic E-state index is 0.0155. The highest BCUT2D eigenvalue weighted by atomic mass is 16.2. The van der Waals surface area contributed by atoms with E-state index in [1.165, 1.54) is 32.1 Å². The Bertz CT molecular complexity index is 662. The van der Waals surface area contributed by atoms with E-state index in [2.05, 4.69) is 21.9 Å². The molecule has 0 aromatic carbocycles. The van der Waals surface area contributed by atoms with E-state index in [0.29, 0.717) is 11.6 Å². The summed E-state index contributed by atoms with van der Waals surface area (Å²) < 4.78 is 1.82. The van der Waals surface area contributed by atoms with Crippen LogP contribution in [0.3, 0.4) is 0 Å². The first kappa shape index (κ1) is 17.6. The van der Waals surface area contributed by atoms with Crippen LogP contribution in [0.15, 0.2) is 37.1 Å². The molecule has 1 aliphatic carbocycles. The average molecular weight is 341 g/mol. The van der Waals surface area contributed by atoms with Crippen LogP contribution in [-0.4, -0.2) is 63.5 Å². The predicted octanol–water partition coefficient (Wildman–Crippen LogP) is 2.60. The Morgan fingerprint density at radius 1 is 1.20 bits per heavy atom. The number of amides is 1. The first-order valence-corrected chi connectivity index (χ1v) is 9.05. The van der Waals surface area contributed by atoms with Crippen molar-refractivity contribution in [1.29, 1.82) is 0 Å². The van der Waals surface area contributed by atoms with E-state index in [0.717, 1.165) is 18.9 Å². The maximum absolute atomic E-state index is 12.6. The molecule has 6 heteroatoms. The second-order valence-electron chi connectivity index (χ2n) is 6.87. The van der Waals surface area contributed by atoms with Crippen LogP contribution >= 0.6 is 0 Å². The zero-order chi connectivity index (χ0) is 17.6. The standard InChI is InChI=1S/C19H27N5O/c1-22(17-6-4-3-5-7-17)12-13-23(2)19(25)16-8-9-18(21-14-16)24-11-10-20-15-24/h8-11,14-15,17H,3-7,12-13H2,1-2H3. The van der Waals surface area contributed by atoms with Crippen LogP contribution in [0.4, 0.5) is 0 Å². The molecule has 2 aromatic rings. The van der Waals surface area contributed by atoms with Crippen LogP contribution < -0.4 is 0 Å². The van der Waals surface area contributed by atoms with Crippen molar-refractivity contribution in [3.05, 3.63) is 42.6 Å². The number of rotatable bonds is 6. The highest BCUT2D eigenvalue weighted by Gasteiger charge is 2.19. The molecule has 25 heavy (non-hydrogen) atoms. The monoisotopic (exact) mass is 341 g/mol. The summed E-state index contributed by atoms with van der Waals surface area (Å²) >= 11 is 0. The van der Waals surface area contributed by atoms with Crippen molar-refractivity contribution in [2.24, 2.45) is 0 Å². The third-order valence-corrected chi connectivity index (χ3v) is 5.10. The van der Waals surface area contributed by atoms with E-state index in [-0.39, 0.29) is 5.91 Å².